The Morgan fingerprint density at radius 3 is 1.96 bits per heavy atom. The number of hydrogen-bond donors (Lipinski definition) is 2. The summed E-state index contributed by atoms with van der Waals surface area (Å²) < 4.78 is 40.3. The van der Waals surface area contributed by atoms with Crippen molar-refractivity contribution in [3.8, 4) is 0 Å². The van der Waals surface area contributed by atoms with E-state index in [0.717, 1.165) is 16.9 Å². The second-order valence-corrected chi connectivity index (χ2v) is 7.31. The standard InChI is InChI=1S/C19H17FN2O2S/c1-14-3-2-4-19(13-14)25(23,24)22-18-11-9-17(10-12-18)21-16-7-5-15(20)6-8-16/h2-13,21-22H,1H3. The van der Waals surface area contributed by atoms with Crippen LogP contribution in [0.15, 0.2) is 77.7 Å². The normalized spacial score (nSPS) is 11.1. The van der Waals surface area contributed by atoms with Gasteiger partial charge in [0.25, 0.3) is 10.0 Å². The largest absolute Gasteiger partial charge is 0.356 e. The molecule has 0 saturated heterocycles. The van der Waals surface area contributed by atoms with Gasteiger partial charge in [-0.15, -0.1) is 0 Å². The molecule has 128 valence electrons. The fourth-order valence-corrected chi connectivity index (χ4v) is 3.48. The first-order valence-electron chi connectivity index (χ1n) is 7.64. The summed E-state index contributed by atoms with van der Waals surface area (Å²) in [5.74, 6) is -0.300. The SMILES string of the molecule is Cc1cccc(S(=O)(=O)Nc2ccc(Nc3ccc(F)cc3)cc2)c1. The Labute approximate surface area is 146 Å². The molecule has 2 N–H and O–H groups in total. The molecule has 0 aromatic heterocycles. The summed E-state index contributed by atoms with van der Waals surface area (Å²) in [5.41, 5.74) is 2.85. The molecule has 6 heteroatoms. The third-order valence-corrected chi connectivity index (χ3v) is 4.95. The molecule has 0 atom stereocenters. The lowest BCUT2D eigenvalue weighted by Crippen LogP contribution is -2.13. The quantitative estimate of drug-likeness (QED) is 0.698. The predicted octanol–water partition coefficient (Wildman–Crippen LogP) is 4.68. The summed E-state index contributed by atoms with van der Waals surface area (Å²) in [7, 11) is -3.62. The van der Waals surface area contributed by atoms with Gasteiger partial charge in [-0.1, -0.05) is 12.1 Å². The predicted molar refractivity (Wildman–Crippen MR) is 98.1 cm³/mol. The molecule has 0 aliphatic rings. The lowest BCUT2D eigenvalue weighted by Gasteiger charge is -2.10. The lowest BCUT2D eigenvalue weighted by atomic mass is 10.2. The van der Waals surface area contributed by atoms with Gasteiger partial charge >= 0.3 is 0 Å². The molecule has 0 bridgehead atoms. The molecule has 0 spiro atoms. The first kappa shape index (κ1) is 17.0. The van der Waals surface area contributed by atoms with Crippen LogP contribution in [0.5, 0.6) is 0 Å². The van der Waals surface area contributed by atoms with Crippen molar-refractivity contribution in [2.45, 2.75) is 11.8 Å². The summed E-state index contributed by atoms with van der Waals surface area (Å²) >= 11 is 0. The van der Waals surface area contributed by atoms with Crippen molar-refractivity contribution in [2.75, 3.05) is 10.0 Å². The Kier molecular flexibility index (Phi) is 4.72. The second kappa shape index (κ2) is 6.94. The van der Waals surface area contributed by atoms with E-state index in [1.807, 2.05) is 13.0 Å². The van der Waals surface area contributed by atoms with E-state index in [4.69, 9.17) is 0 Å². The summed E-state index contributed by atoms with van der Waals surface area (Å²) in [5, 5.41) is 3.12. The maximum Gasteiger partial charge on any atom is 0.261 e. The van der Waals surface area contributed by atoms with Crippen molar-refractivity contribution >= 4 is 27.1 Å². The zero-order valence-corrected chi connectivity index (χ0v) is 14.3. The number of anilines is 3. The molecular formula is C19H17FN2O2S. The zero-order valence-electron chi connectivity index (χ0n) is 13.5. The molecular weight excluding hydrogens is 339 g/mol. The highest BCUT2D eigenvalue weighted by Crippen LogP contribution is 2.21. The van der Waals surface area contributed by atoms with E-state index in [1.165, 1.54) is 12.1 Å². The smallest absolute Gasteiger partial charge is 0.261 e. The van der Waals surface area contributed by atoms with Gasteiger partial charge in [0.2, 0.25) is 0 Å². The first-order valence-corrected chi connectivity index (χ1v) is 9.13. The maximum absolute atomic E-state index is 12.9. The van der Waals surface area contributed by atoms with Gasteiger partial charge in [0.1, 0.15) is 5.82 Å². The number of hydrogen-bond acceptors (Lipinski definition) is 3. The van der Waals surface area contributed by atoms with Crippen LogP contribution in [0.1, 0.15) is 5.56 Å². The van der Waals surface area contributed by atoms with Crippen molar-refractivity contribution in [3.63, 3.8) is 0 Å². The Morgan fingerprint density at radius 2 is 1.36 bits per heavy atom. The molecule has 0 saturated carbocycles. The van der Waals surface area contributed by atoms with Crippen LogP contribution in [0.3, 0.4) is 0 Å². The van der Waals surface area contributed by atoms with Gasteiger partial charge in [0.05, 0.1) is 4.90 Å². The molecule has 0 unspecified atom stereocenters. The zero-order chi connectivity index (χ0) is 17.9. The van der Waals surface area contributed by atoms with Crippen LogP contribution in [-0.2, 0) is 10.0 Å². The van der Waals surface area contributed by atoms with E-state index < -0.39 is 10.0 Å². The molecule has 0 aliphatic heterocycles. The molecule has 4 nitrogen and oxygen atoms in total. The van der Waals surface area contributed by atoms with Crippen LogP contribution >= 0.6 is 0 Å². The van der Waals surface area contributed by atoms with Crippen molar-refractivity contribution in [1.29, 1.82) is 0 Å². The van der Waals surface area contributed by atoms with E-state index in [9.17, 15) is 12.8 Å². The Balaban J connectivity index is 1.73. The lowest BCUT2D eigenvalue weighted by molar-refractivity contribution is 0.601. The van der Waals surface area contributed by atoms with Crippen LogP contribution in [0.4, 0.5) is 21.5 Å². The summed E-state index contributed by atoms with van der Waals surface area (Å²) in [6.45, 7) is 1.84. The number of rotatable bonds is 5. The minimum Gasteiger partial charge on any atom is -0.356 e. The van der Waals surface area contributed by atoms with Crippen molar-refractivity contribution in [3.05, 3.63) is 84.2 Å². The van der Waals surface area contributed by atoms with Crippen molar-refractivity contribution < 1.29 is 12.8 Å². The molecule has 0 radical (unpaired) electrons. The molecule has 3 rings (SSSR count). The summed E-state index contributed by atoms with van der Waals surface area (Å²) in [4.78, 5) is 0.223. The number of halogens is 1. The third kappa shape index (κ3) is 4.36. The van der Waals surface area contributed by atoms with Gasteiger partial charge in [-0.25, -0.2) is 12.8 Å². The monoisotopic (exact) mass is 356 g/mol. The Bertz CT molecular complexity index is 969. The minimum atomic E-state index is -3.62. The average Bonchev–Trinajstić information content (AvgIpc) is 2.58. The van der Waals surface area contributed by atoms with Crippen molar-refractivity contribution in [1.82, 2.24) is 0 Å². The molecule has 3 aromatic carbocycles. The van der Waals surface area contributed by atoms with Gasteiger partial charge < -0.3 is 5.32 Å². The maximum atomic E-state index is 12.9. The fraction of sp³-hybridized carbons (Fsp3) is 0.0526. The van der Waals surface area contributed by atoms with Crippen molar-refractivity contribution in [2.24, 2.45) is 0 Å². The third-order valence-electron chi connectivity index (χ3n) is 3.57. The van der Waals surface area contributed by atoms with E-state index in [-0.39, 0.29) is 10.7 Å². The summed E-state index contributed by atoms with van der Waals surface area (Å²) in [6.07, 6.45) is 0. The van der Waals surface area contributed by atoms with Crippen LogP contribution < -0.4 is 10.0 Å². The number of nitrogens with one attached hydrogen (secondary N) is 2. The van der Waals surface area contributed by atoms with Gasteiger partial charge in [0.15, 0.2) is 0 Å². The Morgan fingerprint density at radius 1 is 0.800 bits per heavy atom. The highest BCUT2D eigenvalue weighted by Gasteiger charge is 2.13. The van der Waals surface area contributed by atoms with Gasteiger partial charge in [-0.2, -0.15) is 0 Å². The average molecular weight is 356 g/mol. The van der Waals surface area contributed by atoms with Gasteiger partial charge in [-0.05, 0) is 73.2 Å². The van der Waals surface area contributed by atoms with Gasteiger partial charge in [0, 0.05) is 17.1 Å². The van der Waals surface area contributed by atoms with Crippen LogP contribution in [0, 0.1) is 12.7 Å². The molecule has 0 amide bonds. The highest BCUT2D eigenvalue weighted by atomic mass is 32.2. The first-order chi connectivity index (χ1) is 11.9. The molecule has 25 heavy (non-hydrogen) atoms. The van der Waals surface area contributed by atoms with E-state index in [2.05, 4.69) is 10.0 Å². The minimum absolute atomic E-state index is 0.223. The molecule has 0 heterocycles. The molecule has 0 aliphatic carbocycles. The molecule has 0 fully saturated rings. The number of aryl methyl sites for hydroxylation is 1. The highest BCUT2D eigenvalue weighted by molar-refractivity contribution is 7.92. The van der Waals surface area contributed by atoms with E-state index >= 15 is 0 Å². The topological polar surface area (TPSA) is 58.2 Å². The van der Waals surface area contributed by atoms with E-state index in [1.54, 1.807) is 54.6 Å². The van der Waals surface area contributed by atoms with Crippen LogP contribution in [-0.4, -0.2) is 8.42 Å². The second-order valence-electron chi connectivity index (χ2n) is 5.63. The van der Waals surface area contributed by atoms with E-state index in [0.29, 0.717) is 5.69 Å². The van der Waals surface area contributed by atoms with Crippen LogP contribution in [0.2, 0.25) is 0 Å². The summed E-state index contributed by atoms with van der Waals surface area (Å²) in [6, 6.07) is 19.5. The Hall–Kier alpha value is -2.86. The van der Waals surface area contributed by atoms with Crippen LogP contribution in [0.25, 0.3) is 0 Å². The van der Waals surface area contributed by atoms with Gasteiger partial charge in [-0.3, -0.25) is 4.72 Å². The fourth-order valence-electron chi connectivity index (χ4n) is 2.32. The number of sulfonamides is 1. The number of benzene rings is 3. The molecule has 3 aromatic rings.